The lowest BCUT2D eigenvalue weighted by Gasteiger charge is -2.19. The van der Waals surface area contributed by atoms with Crippen molar-refractivity contribution in [2.75, 3.05) is 25.1 Å². The summed E-state index contributed by atoms with van der Waals surface area (Å²) in [7, 11) is 0. The first-order chi connectivity index (χ1) is 14.7. The number of rotatable bonds is 5. The van der Waals surface area contributed by atoms with E-state index in [2.05, 4.69) is 17.2 Å². The molecule has 0 saturated heterocycles. The molecule has 0 fully saturated rings. The van der Waals surface area contributed by atoms with Crippen LogP contribution in [0.4, 0.5) is 5.69 Å². The highest BCUT2D eigenvalue weighted by atomic mass is 16.6. The summed E-state index contributed by atoms with van der Waals surface area (Å²) in [5.74, 6) is 2.18. The summed E-state index contributed by atoms with van der Waals surface area (Å²) in [6.45, 7) is 4.00. The van der Waals surface area contributed by atoms with Crippen LogP contribution in [0.1, 0.15) is 13.3 Å². The van der Waals surface area contributed by atoms with Crippen molar-refractivity contribution in [3.05, 3.63) is 54.7 Å². The number of nitrogens with one attached hydrogen (secondary N) is 1. The molecule has 0 bridgehead atoms. The minimum absolute atomic E-state index is 0.158. The molecule has 7 heteroatoms. The number of phenolic OH excluding ortho intramolecular Hbond substituents is 1. The number of pyridine rings is 1. The van der Waals surface area contributed by atoms with Crippen LogP contribution in [0.3, 0.4) is 0 Å². The summed E-state index contributed by atoms with van der Waals surface area (Å²) in [6.07, 6.45) is 2.74. The Morgan fingerprint density at radius 1 is 1.07 bits per heavy atom. The molecule has 1 aliphatic heterocycles. The van der Waals surface area contributed by atoms with Crippen molar-refractivity contribution in [3.8, 4) is 34.3 Å². The highest BCUT2D eigenvalue weighted by Crippen LogP contribution is 2.37. The summed E-state index contributed by atoms with van der Waals surface area (Å²) in [5.41, 5.74) is 3.79. The molecule has 5 rings (SSSR count). The summed E-state index contributed by atoms with van der Waals surface area (Å²) < 4.78 is 13.3. The van der Waals surface area contributed by atoms with E-state index >= 15 is 0 Å². The fourth-order valence-electron chi connectivity index (χ4n) is 3.61. The Hall–Kier alpha value is -3.74. The van der Waals surface area contributed by atoms with Gasteiger partial charge in [-0.1, -0.05) is 6.92 Å². The number of imidazole rings is 1. The molecule has 0 spiro atoms. The Morgan fingerprint density at radius 2 is 1.93 bits per heavy atom. The maximum absolute atomic E-state index is 10.8. The van der Waals surface area contributed by atoms with E-state index < -0.39 is 0 Å². The Kier molecular flexibility index (Phi) is 4.63. The number of ether oxygens (including phenoxy) is 2. The van der Waals surface area contributed by atoms with Crippen LogP contribution in [0.25, 0.3) is 28.2 Å². The van der Waals surface area contributed by atoms with Gasteiger partial charge in [0, 0.05) is 30.6 Å². The number of aromatic nitrogens is 3. The molecule has 0 saturated carbocycles. The minimum atomic E-state index is 0.158. The molecule has 2 aromatic carbocycles. The van der Waals surface area contributed by atoms with Crippen molar-refractivity contribution < 1.29 is 14.6 Å². The number of hydrogen-bond donors (Lipinski definition) is 2. The van der Waals surface area contributed by atoms with E-state index in [4.69, 9.17) is 14.5 Å². The topological polar surface area (TPSA) is 81.4 Å². The normalized spacial score (nSPS) is 12.8. The van der Waals surface area contributed by atoms with Crippen LogP contribution in [0.15, 0.2) is 54.7 Å². The summed E-state index contributed by atoms with van der Waals surface area (Å²) in [5, 5.41) is 14.1. The molecule has 0 amide bonds. The average Bonchev–Trinajstić information content (AvgIpc) is 3.16. The van der Waals surface area contributed by atoms with E-state index in [0.29, 0.717) is 36.0 Å². The molecule has 3 heterocycles. The molecule has 7 nitrogen and oxygen atoms in total. The van der Waals surface area contributed by atoms with Gasteiger partial charge in [-0.2, -0.15) is 0 Å². The second kappa shape index (κ2) is 7.59. The second-order valence-corrected chi connectivity index (χ2v) is 7.10. The van der Waals surface area contributed by atoms with Crippen LogP contribution in [0.2, 0.25) is 0 Å². The first-order valence-electron chi connectivity index (χ1n) is 10.1. The van der Waals surface area contributed by atoms with E-state index in [0.717, 1.165) is 35.6 Å². The molecule has 1 aliphatic rings. The monoisotopic (exact) mass is 402 g/mol. The van der Waals surface area contributed by atoms with Crippen LogP contribution in [0.5, 0.6) is 17.2 Å². The van der Waals surface area contributed by atoms with Gasteiger partial charge in [-0.3, -0.25) is 4.57 Å². The Labute approximate surface area is 173 Å². The number of hydrogen-bond acceptors (Lipinski definition) is 6. The number of aromatic hydroxyl groups is 1. The zero-order valence-electron chi connectivity index (χ0n) is 16.6. The highest BCUT2D eigenvalue weighted by molar-refractivity contribution is 5.82. The van der Waals surface area contributed by atoms with Crippen LogP contribution in [-0.4, -0.2) is 39.4 Å². The molecule has 0 radical (unpaired) electrons. The Balaban J connectivity index is 1.67. The summed E-state index contributed by atoms with van der Waals surface area (Å²) in [4.78, 5) is 9.31. The number of benzene rings is 2. The predicted octanol–water partition coefficient (Wildman–Crippen LogP) is 4.39. The van der Waals surface area contributed by atoms with Gasteiger partial charge in [0.05, 0.1) is 11.3 Å². The molecule has 2 N–H and O–H groups in total. The molecule has 152 valence electrons. The van der Waals surface area contributed by atoms with Gasteiger partial charge in [-0.15, -0.1) is 0 Å². The third-order valence-electron chi connectivity index (χ3n) is 5.02. The lowest BCUT2D eigenvalue weighted by atomic mass is 10.1. The smallest absolute Gasteiger partial charge is 0.164 e. The summed E-state index contributed by atoms with van der Waals surface area (Å²) >= 11 is 0. The quantitative estimate of drug-likeness (QED) is 0.515. The molecule has 4 aromatic rings. The third kappa shape index (κ3) is 3.18. The highest BCUT2D eigenvalue weighted by Gasteiger charge is 2.20. The SMILES string of the molecule is CCCNc1ccc(-c2nc3cccnc3n2-c2ccc3c(c2)OCCO3)c(O)c1. The second-order valence-electron chi connectivity index (χ2n) is 7.10. The van der Waals surface area contributed by atoms with Gasteiger partial charge in [-0.05, 0) is 42.8 Å². The van der Waals surface area contributed by atoms with Gasteiger partial charge in [0.25, 0.3) is 0 Å². The fraction of sp³-hybridized carbons (Fsp3) is 0.217. The van der Waals surface area contributed by atoms with Crippen LogP contribution >= 0.6 is 0 Å². The van der Waals surface area contributed by atoms with E-state index in [9.17, 15) is 5.11 Å². The number of nitrogens with zero attached hydrogens (tertiary/aromatic N) is 3. The van der Waals surface area contributed by atoms with Crippen LogP contribution in [-0.2, 0) is 0 Å². The lowest BCUT2D eigenvalue weighted by Crippen LogP contribution is -2.15. The number of fused-ring (bicyclic) bond motifs is 2. The Morgan fingerprint density at radius 3 is 2.77 bits per heavy atom. The number of phenols is 1. The Bertz CT molecular complexity index is 1220. The van der Waals surface area contributed by atoms with Crippen LogP contribution in [0, 0.1) is 0 Å². The molecule has 30 heavy (non-hydrogen) atoms. The van der Waals surface area contributed by atoms with Crippen LogP contribution < -0.4 is 14.8 Å². The van der Waals surface area contributed by atoms with E-state index in [1.165, 1.54) is 0 Å². The van der Waals surface area contributed by atoms with Crippen molar-refractivity contribution >= 4 is 16.9 Å². The van der Waals surface area contributed by atoms with Gasteiger partial charge >= 0.3 is 0 Å². The van der Waals surface area contributed by atoms with E-state index in [-0.39, 0.29) is 5.75 Å². The molecular formula is C23H22N4O3. The number of anilines is 1. The van der Waals surface area contributed by atoms with Crippen molar-refractivity contribution in [1.29, 1.82) is 0 Å². The van der Waals surface area contributed by atoms with Crippen molar-refractivity contribution in [1.82, 2.24) is 14.5 Å². The maximum atomic E-state index is 10.8. The molecule has 0 aliphatic carbocycles. The molecule has 0 atom stereocenters. The van der Waals surface area contributed by atoms with Crippen molar-refractivity contribution in [3.63, 3.8) is 0 Å². The minimum Gasteiger partial charge on any atom is -0.507 e. The van der Waals surface area contributed by atoms with Crippen molar-refractivity contribution in [2.24, 2.45) is 0 Å². The standard InChI is InChI=1S/C23H22N4O3/c1-2-9-24-15-5-7-17(19(28)13-15)22-26-18-4-3-10-25-23(18)27(22)16-6-8-20-21(14-16)30-12-11-29-20/h3-8,10,13-14,24,28H,2,9,11-12H2,1H3. The largest absolute Gasteiger partial charge is 0.507 e. The predicted molar refractivity (Wildman–Crippen MR) is 116 cm³/mol. The lowest BCUT2D eigenvalue weighted by molar-refractivity contribution is 0.171. The molecular weight excluding hydrogens is 380 g/mol. The van der Waals surface area contributed by atoms with Gasteiger partial charge in [0.1, 0.15) is 24.5 Å². The zero-order chi connectivity index (χ0) is 20.5. The van der Waals surface area contributed by atoms with Gasteiger partial charge in [-0.25, -0.2) is 9.97 Å². The fourth-order valence-corrected chi connectivity index (χ4v) is 3.61. The zero-order valence-corrected chi connectivity index (χ0v) is 16.6. The van der Waals surface area contributed by atoms with Crippen molar-refractivity contribution in [2.45, 2.75) is 13.3 Å². The van der Waals surface area contributed by atoms with E-state index in [1.54, 1.807) is 12.3 Å². The van der Waals surface area contributed by atoms with E-state index in [1.807, 2.05) is 47.0 Å². The maximum Gasteiger partial charge on any atom is 0.164 e. The first kappa shape index (κ1) is 18.3. The van der Waals surface area contributed by atoms with Gasteiger partial charge < -0.3 is 19.9 Å². The average molecular weight is 402 g/mol. The summed E-state index contributed by atoms with van der Waals surface area (Å²) in [6, 6.07) is 15.1. The van der Waals surface area contributed by atoms with Gasteiger partial charge in [0.2, 0.25) is 0 Å². The molecule has 0 unspecified atom stereocenters. The third-order valence-corrected chi connectivity index (χ3v) is 5.02. The van der Waals surface area contributed by atoms with Gasteiger partial charge in [0.15, 0.2) is 23.0 Å². The molecule has 2 aromatic heterocycles. The first-order valence-corrected chi connectivity index (χ1v) is 10.1.